The lowest BCUT2D eigenvalue weighted by Gasteiger charge is -2.22. The van der Waals surface area contributed by atoms with Crippen molar-refractivity contribution in [1.82, 2.24) is 20.0 Å². The number of aliphatic carboxylic acids is 1. The van der Waals surface area contributed by atoms with Crippen LogP contribution in [0.3, 0.4) is 0 Å². The third-order valence-electron chi connectivity index (χ3n) is 2.74. The number of nitrogens with one attached hydrogen (secondary N) is 1. The van der Waals surface area contributed by atoms with E-state index in [2.05, 4.69) is 10.4 Å². The molecule has 0 saturated carbocycles. The van der Waals surface area contributed by atoms with E-state index in [4.69, 9.17) is 5.11 Å². The molecule has 0 aromatic carbocycles. The summed E-state index contributed by atoms with van der Waals surface area (Å²) in [5, 5.41) is 15.5. The summed E-state index contributed by atoms with van der Waals surface area (Å²) in [6.07, 6.45) is 3.47. The predicted octanol–water partition coefficient (Wildman–Crippen LogP) is 0.671. The maximum atomic E-state index is 11.9. The maximum absolute atomic E-state index is 11.9. The molecule has 1 aromatic rings. The number of urea groups is 1. The van der Waals surface area contributed by atoms with Crippen LogP contribution >= 0.6 is 0 Å². The minimum Gasteiger partial charge on any atom is -0.480 e. The van der Waals surface area contributed by atoms with E-state index in [0.29, 0.717) is 6.54 Å². The number of carbonyl (C=O) groups excluding carboxylic acids is 1. The Morgan fingerprint density at radius 1 is 1.53 bits per heavy atom. The molecule has 7 heteroatoms. The minimum atomic E-state index is -1.03. The zero-order chi connectivity index (χ0) is 14.6. The first kappa shape index (κ1) is 15.0. The van der Waals surface area contributed by atoms with Crippen LogP contribution in [0.4, 0.5) is 4.79 Å². The second kappa shape index (κ2) is 6.21. The third kappa shape index (κ3) is 4.27. The average molecular weight is 268 g/mol. The van der Waals surface area contributed by atoms with Crippen molar-refractivity contribution in [2.45, 2.75) is 26.4 Å². The van der Waals surface area contributed by atoms with Crippen molar-refractivity contribution in [1.29, 1.82) is 0 Å². The Kier molecular flexibility index (Phi) is 4.91. The molecule has 1 aromatic heterocycles. The Bertz CT molecular complexity index is 456. The van der Waals surface area contributed by atoms with Crippen LogP contribution in [-0.2, 0) is 18.4 Å². The molecule has 0 spiro atoms. The Morgan fingerprint density at radius 2 is 2.16 bits per heavy atom. The van der Waals surface area contributed by atoms with Gasteiger partial charge < -0.3 is 15.3 Å². The lowest BCUT2D eigenvalue weighted by atomic mass is 10.1. The highest BCUT2D eigenvalue weighted by Gasteiger charge is 2.24. The fraction of sp³-hybridized carbons (Fsp3) is 0.583. The number of aromatic nitrogens is 2. The molecule has 19 heavy (non-hydrogen) atoms. The van der Waals surface area contributed by atoms with Crippen LogP contribution in [0.25, 0.3) is 0 Å². The van der Waals surface area contributed by atoms with Gasteiger partial charge in [-0.2, -0.15) is 5.10 Å². The molecule has 7 nitrogen and oxygen atoms in total. The fourth-order valence-electron chi connectivity index (χ4n) is 1.66. The standard InChI is InChI=1S/C12H20N4O3/c1-8(2)10(11(17)18)14-12(19)15(3)6-9-5-13-16(4)7-9/h5,7-8,10H,6H2,1-4H3,(H,14,19)(H,17,18). The van der Waals surface area contributed by atoms with Gasteiger partial charge >= 0.3 is 12.0 Å². The first-order valence-electron chi connectivity index (χ1n) is 6.03. The third-order valence-corrected chi connectivity index (χ3v) is 2.74. The van der Waals surface area contributed by atoms with Gasteiger partial charge in [-0.05, 0) is 5.92 Å². The van der Waals surface area contributed by atoms with Gasteiger partial charge in [-0.3, -0.25) is 4.68 Å². The van der Waals surface area contributed by atoms with Gasteiger partial charge in [0.2, 0.25) is 0 Å². The Morgan fingerprint density at radius 3 is 2.58 bits per heavy atom. The number of amides is 2. The van der Waals surface area contributed by atoms with Gasteiger partial charge in [-0.1, -0.05) is 13.8 Å². The summed E-state index contributed by atoms with van der Waals surface area (Å²) in [6, 6.07) is -1.30. The quantitative estimate of drug-likeness (QED) is 0.821. The highest BCUT2D eigenvalue weighted by atomic mass is 16.4. The first-order chi connectivity index (χ1) is 8.81. The Hall–Kier alpha value is -2.05. The number of nitrogens with zero attached hydrogens (tertiary/aromatic N) is 3. The monoisotopic (exact) mass is 268 g/mol. The van der Waals surface area contributed by atoms with Crippen LogP contribution in [0.2, 0.25) is 0 Å². The smallest absolute Gasteiger partial charge is 0.326 e. The molecule has 1 rings (SSSR count). The summed E-state index contributed by atoms with van der Waals surface area (Å²) >= 11 is 0. The van der Waals surface area contributed by atoms with Crippen LogP contribution < -0.4 is 5.32 Å². The molecule has 2 N–H and O–H groups in total. The molecule has 0 aliphatic rings. The summed E-state index contributed by atoms with van der Waals surface area (Å²) in [4.78, 5) is 24.3. The van der Waals surface area contributed by atoms with Crippen molar-refractivity contribution in [3.05, 3.63) is 18.0 Å². The molecule has 0 bridgehead atoms. The number of aryl methyl sites for hydroxylation is 1. The second-order valence-electron chi connectivity index (χ2n) is 4.89. The van der Waals surface area contributed by atoms with E-state index in [1.807, 2.05) is 0 Å². The first-order valence-corrected chi connectivity index (χ1v) is 6.03. The van der Waals surface area contributed by atoms with Crippen molar-refractivity contribution in [2.75, 3.05) is 7.05 Å². The van der Waals surface area contributed by atoms with Crippen LogP contribution in [0.15, 0.2) is 12.4 Å². The average Bonchev–Trinajstić information content (AvgIpc) is 2.70. The molecule has 106 valence electrons. The maximum Gasteiger partial charge on any atom is 0.326 e. The van der Waals surface area contributed by atoms with Gasteiger partial charge in [0.05, 0.1) is 12.7 Å². The van der Waals surface area contributed by atoms with Crippen LogP contribution in [0.1, 0.15) is 19.4 Å². The van der Waals surface area contributed by atoms with Gasteiger partial charge in [0.1, 0.15) is 6.04 Å². The normalized spacial score (nSPS) is 12.3. The molecule has 1 atom stereocenters. The number of carboxylic acid groups (broad SMARTS) is 1. The van der Waals surface area contributed by atoms with Crippen molar-refractivity contribution in [3.8, 4) is 0 Å². The van der Waals surface area contributed by atoms with E-state index >= 15 is 0 Å². The predicted molar refractivity (Wildman–Crippen MR) is 69.5 cm³/mol. The van der Waals surface area contributed by atoms with E-state index in [-0.39, 0.29) is 5.92 Å². The number of hydrogen-bond acceptors (Lipinski definition) is 3. The molecular weight excluding hydrogens is 248 g/mol. The lowest BCUT2D eigenvalue weighted by molar-refractivity contribution is -0.140. The van der Waals surface area contributed by atoms with Crippen molar-refractivity contribution in [2.24, 2.45) is 13.0 Å². The van der Waals surface area contributed by atoms with E-state index < -0.39 is 18.0 Å². The van der Waals surface area contributed by atoms with E-state index in [9.17, 15) is 9.59 Å². The Labute approximate surface area is 112 Å². The van der Waals surface area contributed by atoms with Gasteiger partial charge in [0, 0.05) is 25.9 Å². The molecule has 1 heterocycles. The Balaban J connectivity index is 2.59. The topological polar surface area (TPSA) is 87.5 Å². The number of carbonyl (C=O) groups is 2. The van der Waals surface area contributed by atoms with E-state index in [0.717, 1.165) is 5.56 Å². The summed E-state index contributed by atoms with van der Waals surface area (Å²) in [7, 11) is 3.41. The van der Waals surface area contributed by atoms with Crippen LogP contribution in [0.5, 0.6) is 0 Å². The van der Waals surface area contributed by atoms with Crippen molar-refractivity contribution in [3.63, 3.8) is 0 Å². The van der Waals surface area contributed by atoms with E-state index in [1.165, 1.54) is 4.90 Å². The van der Waals surface area contributed by atoms with Crippen molar-refractivity contribution < 1.29 is 14.7 Å². The fourth-order valence-corrected chi connectivity index (χ4v) is 1.66. The molecule has 0 radical (unpaired) electrons. The number of hydrogen-bond donors (Lipinski definition) is 2. The summed E-state index contributed by atoms with van der Waals surface area (Å²) < 4.78 is 1.65. The number of carboxylic acids is 1. The largest absolute Gasteiger partial charge is 0.480 e. The lowest BCUT2D eigenvalue weighted by Crippen LogP contribution is -2.48. The van der Waals surface area contributed by atoms with Gasteiger partial charge in [0.25, 0.3) is 0 Å². The molecule has 2 amide bonds. The van der Waals surface area contributed by atoms with Gasteiger partial charge in [0.15, 0.2) is 0 Å². The zero-order valence-electron chi connectivity index (χ0n) is 11.6. The molecule has 0 aliphatic heterocycles. The van der Waals surface area contributed by atoms with Crippen LogP contribution in [0, 0.1) is 5.92 Å². The highest BCUT2D eigenvalue weighted by molar-refractivity contribution is 5.82. The molecular formula is C12H20N4O3. The van der Waals surface area contributed by atoms with Gasteiger partial charge in [-0.25, -0.2) is 9.59 Å². The molecule has 1 unspecified atom stereocenters. The van der Waals surface area contributed by atoms with Crippen LogP contribution in [-0.4, -0.2) is 44.9 Å². The second-order valence-corrected chi connectivity index (χ2v) is 4.89. The molecule has 0 aliphatic carbocycles. The zero-order valence-corrected chi connectivity index (χ0v) is 11.6. The SMILES string of the molecule is CC(C)C(NC(=O)N(C)Cc1cnn(C)c1)C(=O)O. The molecule has 0 fully saturated rings. The number of rotatable bonds is 5. The summed E-state index contributed by atoms with van der Waals surface area (Å²) in [6.45, 7) is 3.88. The van der Waals surface area contributed by atoms with Crippen molar-refractivity contribution >= 4 is 12.0 Å². The summed E-state index contributed by atoms with van der Waals surface area (Å²) in [5.74, 6) is -1.20. The van der Waals surface area contributed by atoms with E-state index in [1.54, 1.807) is 45.0 Å². The summed E-state index contributed by atoms with van der Waals surface area (Å²) in [5.41, 5.74) is 0.886. The highest BCUT2D eigenvalue weighted by Crippen LogP contribution is 2.05. The van der Waals surface area contributed by atoms with Gasteiger partial charge in [-0.15, -0.1) is 0 Å². The minimum absolute atomic E-state index is 0.173. The molecule has 0 saturated heterocycles.